The average Bonchev–Trinajstić information content (AvgIpc) is 2.92. The third-order valence-corrected chi connectivity index (χ3v) is 7.48. The topological polar surface area (TPSA) is 79.2 Å². The number of carbonyl (C=O) groups is 2. The van der Waals surface area contributed by atoms with Crippen molar-refractivity contribution in [1.82, 2.24) is 5.32 Å². The van der Waals surface area contributed by atoms with Gasteiger partial charge in [-0.3, -0.25) is 4.79 Å². The summed E-state index contributed by atoms with van der Waals surface area (Å²) >= 11 is 4.65. The maximum absolute atomic E-state index is 13.4. The highest BCUT2D eigenvalue weighted by atomic mass is 79.9. The Morgan fingerprint density at radius 2 is 1.70 bits per heavy atom. The minimum absolute atomic E-state index is 0.0580. The maximum Gasteiger partial charge on any atom is 0.337 e. The van der Waals surface area contributed by atoms with Crippen LogP contribution < -0.4 is 5.32 Å². The van der Waals surface area contributed by atoms with Crippen molar-refractivity contribution < 1.29 is 14.3 Å². The van der Waals surface area contributed by atoms with E-state index in [0.29, 0.717) is 27.4 Å². The number of allylic oxidation sites excluding steroid dienone is 1. The number of esters is 1. The second-order valence-corrected chi connectivity index (χ2v) is 10.3. The molecule has 3 aromatic rings. The molecule has 0 unspecified atom stereocenters. The Bertz CT molecular complexity index is 1410. The van der Waals surface area contributed by atoms with Gasteiger partial charge in [-0.2, -0.15) is 5.26 Å². The first-order valence-electron chi connectivity index (χ1n) is 11.8. The predicted octanol–water partition coefficient (Wildman–Crippen LogP) is 6.77. The number of ketones is 1. The lowest BCUT2D eigenvalue weighted by Gasteiger charge is -2.30. The van der Waals surface area contributed by atoms with Gasteiger partial charge < -0.3 is 10.1 Å². The van der Waals surface area contributed by atoms with E-state index >= 15 is 0 Å². The van der Waals surface area contributed by atoms with E-state index in [-0.39, 0.29) is 18.1 Å². The summed E-state index contributed by atoms with van der Waals surface area (Å²) in [4.78, 5) is 26.3. The van der Waals surface area contributed by atoms with Gasteiger partial charge in [0.05, 0.1) is 46.2 Å². The van der Waals surface area contributed by atoms with Gasteiger partial charge in [0.2, 0.25) is 0 Å². The maximum atomic E-state index is 13.4. The summed E-state index contributed by atoms with van der Waals surface area (Å²) in [5.74, 6) is -1.06. The Kier molecular flexibility index (Phi) is 8.65. The highest BCUT2D eigenvalue weighted by Crippen LogP contribution is 2.43. The average molecular weight is 574 g/mol. The van der Waals surface area contributed by atoms with Crippen molar-refractivity contribution in [3.63, 3.8) is 0 Å². The Balaban J connectivity index is 1.81. The summed E-state index contributed by atoms with van der Waals surface area (Å²) in [5, 5.41) is 14.2. The molecule has 0 bridgehead atoms. The first kappa shape index (κ1) is 26.5. The molecule has 0 saturated carbocycles. The molecule has 0 fully saturated rings. The van der Waals surface area contributed by atoms with Crippen LogP contribution in [0.4, 0.5) is 0 Å². The molecule has 4 rings (SSSR count). The lowest BCUT2D eigenvalue weighted by molar-refractivity contribution is -0.138. The second-order valence-electron chi connectivity index (χ2n) is 8.42. The van der Waals surface area contributed by atoms with Crippen molar-refractivity contribution in [2.75, 3.05) is 12.4 Å². The van der Waals surface area contributed by atoms with Crippen LogP contribution in [-0.4, -0.2) is 24.1 Å². The summed E-state index contributed by atoms with van der Waals surface area (Å²) in [5.41, 5.74) is 4.57. The van der Waals surface area contributed by atoms with Crippen molar-refractivity contribution in [2.24, 2.45) is 0 Å². The van der Waals surface area contributed by atoms with Crippen LogP contribution in [0, 0.1) is 18.3 Å². The SMILES string of the molecule is CCOC(=O)C1=C(c2ccccc2)NC(SCC(=O)c2ccc(Br)cc2)=C(C#N)[C@H]1c1ccc(C)cc1. The van der Waals surface area contributed by atoms with Crippen molar-refractivity contribution in [3.8, 4) is 6.07 Å². The normalized spacial score (nSPS) is 15.1. The molecule has 0 aromatic heterocycles. The number of ether oxygens (including phenoxy) is 1. The molecule has 0 amide bonds. The number of nitrogens with one attached hydrogen (secondary N) is 1. The molecule has 0 saturated heterocycles. The molecular weight excluding hydrogens is 548 g/mol. The summed E-state index contributed by atoms with van der Waals surface area (Å²) in [7, 11) is 0. The predicted molar refractivity (Wildman–Crippen MR) is 151 cm³/mol. The smallest absolute Gasteiger partial charge is 0.337 e. The van der Waals surface area contributed by atoms with E-state index in [1.165, 1.54) is 11.8 Å². The minimum Gasteiger partial charge on any atom is -0.463 e. The van der Waals surface area contributed by atoms with Crippen molar-refractivity contribution >= 4 is 45.1 Å². The fourth-order valence-corrected chi connectivity index (χ4v) is 5.31. The standard InChI is InChI=1S/C30H25BrN2O3S/c1-3-36-30(35)27-26(21-11-9-19(2)10-12-21)24(17-32)29(33-28(27)22-7-5-4-6-8-22)37-18-25(34)20-13-15-23(31)16-14-20/h4-16,26,33H,3,18H2,1-2H3/t26-/m1/s1. The summed E-state index contributed by atoms with van der Waals surface area (Å²) in [6.45, 7) is 3.95. The molecule has 1 atom stereocenters. The first-order chi connectivity index (χ1) is 17.9. The lowest BCUT2D eigenvalue weighted by atomic mass is 9.81. The zero-order chi connectivity index (χ0) is 26.4. The number of rotatable bonds is 8. The molecule has 5 nitrogen and oxygen atoms in total. The van der Waals surface area contributed by atoms with Crippen molar-refractivity contribution in [2.45, 2.75) is 19.8 Å². The number of hydrogen-bond donors (Lipinski definition) is 1. The number of carbonyl (C=O) groups excluding carboxylic acids is 2. The number of dihydropyridines is 1. The fraction of sp³-hybridized carbons (Fsp3) is 0.167. The zero-order valence-corrected chi connectivity index (χ0v) is 22.9. The number of Topliss-reactive ketones (excluding diaryl/α,β-unsaturated/α-hetero) is 1. The van der Waals surface area contributed by atoms with Crippen LogP contribution in [0.15, 0.2) is 99.5 Å². The zero-order valence-electron chi connectivity index (χ0n) is 20.5. The van der Waals surface area contributed by atoms with E-state index in [4.69, 9.17) is 4.74 Å². The molecule has 7 heteroatoms. The molecule has 37 heavy (non-hydrogen) atoms. The van der Waals surface area contributed by atoms with Crippen LogP contribution >= 0.6 is 27.7 Å². The van der Waals surface area contributed by atoms with Gasteiger partial charge in [-0.05, 0) is 37.1 Å². The molecular formula is C30H25BrN2O3S. The van der Waals surface area contributed by atoms with Crippen LogP contribution in [0.5, 0.6) is 0 Å². The molecule has 1 aliphatic heterocycles. The van der Waals surface area contributed by atoms with Crippen LogP contribution in [0.25, 0.3) is 5.70 Å². The highest BCUT2D eigenvalue weighted by Gasteiger charge is 2.37. The van der Waals surface area contributed by atoms with E-state index in [1.54, 1.807) is 19.1 Å². The molecule has 0 aliphatic carbocycles. The number of hydrogen-bond acceptors (Lipinski definition) is 6. The lowest BCUT2D eigenvalue weighted by Crippen LogP contribution is -2.29. The van der Waals surface area contributed by atoms with E-state index in [9.17, 15) is 14.9 Å². The summed E-state index contributed by atoms with van der Waals surface area (Å²) < 4.78 is 6.36. The Hall–Kier alpha value is -3.60. The van der Waals surface area contributed by atoms with Gasteiger partial charge in [0.25, 0.3) is 0 Å². The third-order valence-electron chi connectivity index (χ3n) is 5.93. The third kappa shape index (κ3) is 6.04. The summed E-state index contributed by atoms with van der Waals surface area (Å²) in [6, 6.07) is 26.8. The molecule has 186 valence electrons. The van der Waals surface area contributed by atoms with E-state index < -0.39 is 11.9 Å². The van der Waals surface area contributed by atoms with Crippen molar-refractivity contribution in [3.05, 3.63) is 122 Å². The molecule has 1 aliphatic rings. The highest BCUT2D eigenvalue weighted by molar-refractivity contribution is 9.10. The molecule has 3 aromatic carbocycles. The number of aryl methyl sites for hydroxylation is 1. The van der Waals surface area contributed by atoms with Gasteiger partial charge in [-0.15, -0.1) is 0 Å². The van der Waals surface area contributed by atoms with Crippen LogP contribution in [0.1, 0.15) is 39.9 Å². The number of nitriles is 1. The van der Waals surface area contributed by atoms with Gasteiger partial charge >= 0.3 is 5.97 Å². The minimum atomic E-state index is -0.647. The monoisotopic (exact) mass is 572 g/mol. The second kappa shape index (κ2) is 12.1. The van der Waals surface area contributed by atoms with Crippen LogP contribution in [0.2, 0.25) is 0 Å². The molecule has 0 spiro atoms. The Morgan fingerprint density at radius 3 is 2.32 bits per heavy atom. The van der Waals surface area contributed by atoms with Crippen molar-refractivity contribution in [1.29, 1.82) is 5.26 Å². The molecule has 1 heterocycles. The Labute approximate surface area is 229 Å². The van der Waals surface area contributed by atoms with Gasteiger partial charge in [0, 0.05) is 10.0 Å². The van der Waals surface area contributed by atoms with Gasteiger partial charge in [0.15, 0.2) is 5.78 Å². The van der Waals surface area contributed by atoms with Crippen LogP contribution in [0.3, 0.4) is 0 Å². The number of benzene rings is 3. The van der Waals surface area contributed by atoms with Gasteiger partial charge in [-0.1, -0.05) is 100.0 Å². The summed E-state index contributed by atoms with van der Waals surface area (Å²) in [6.07, 6.45) is 0. The van der Waals surface area contributed by atoms with E-state index in [2.05, 4.69) is 27.3 Å². The first-order valence-corrected chi connectivity index (χ1v) is 13.6. The number of nitrogens with zero attached hydrogens (tertiary/aromatic N) is 1. The van der Waals surface area contributed by atoms with Crippen LogP contribution in [-0.2, 0) is 9.53 Å². The van der Waals surface area contributed by atoms with Gasteiger partial charge in [-0.25, -0.2) is 4.79 Å². The van der Waals surface area contributed by atoms with Gasteiger partial charge in [0.1, 0.15) is 0 Å². The van der Waals surface area contributed by atoms with E-state index in [0.717, 1.165) is 21.2 Å². The quantitative estimate of drug-likeness (QED) is 0.237. The fourth-order valence-electron chi connectivity index (χ4n) is 4.11. The number of halogens is 1. The largest absolute Gasteiger partial charge is 0.463 e. The molecule has 0 radical (unpaired) electrons. The molecule has 1 N–H and O–H groups in total. The Morgan fingerprint density at radius 1 is 1.03 bits per heavy atom. The number of thioether (sulfide) groups is 1. The van der Waals surface area contributed by atoms with E-state index in [1.807, 2.05) is 73.7 Å².